The lowest BCUT2D eigenvalue weighted by Gasteiger charge is -2.19. The summed E-state index contributed by atoms with van der Waals surface area (Å²) in [5, 5.41) is 4.78. The fourth-order valence-electron chi connectivity index (χ4n) is 2.18. The number of benzene rings is 1. The second kappa shape index (κ2) is 5.37. The van der Waals surface area contributed by atoms with E-state index in [1.54, 1.807) is 0 Å². The number of para-hydroxylation sites is 1. The van der Waals surface area contributed by atoms with Gasteiger partial charge in [-0.25, -0.2) is 0 Å². The summed E-state index contributed by atoms with van der Waals surface area (Å²) in [5.74, 6) is 1.03. The fourth-order valence-corrected chi connectivity index (χ4v) is 2.18. The molecule has 1 unspecified atom stereocenters. The molecule has 0 bridgehead atoms. The summed E-state index contributed by atoms with van der Waals surface area (Å²) in [6.07, 6.45) is 2.31. The highest BCUT2D eigenvalue weighted by Crippen LogP contribution is 2.24. The molecule has 1 N–H and O–H groups in total. The average molecular weight is 231 g/mol. The molecule has 0 radical (unpaired) electrons. The van der Waals surface area contributed by atoms with E-state index in [0.29, 0.717) is 6.04 Å². The van der Waals surface area contributed by atoms with E-state index in [9.17, 15) is 0 Å². The predicted octanol–water partition coefficient (Wildman–Crippen LogP) is 4.27. The van der Waals surface area contributed by atoms with Gasteiger partial charge in [0.1, 0.15) is 11.3 Å². The van der Waals surface area contributed by atoms with E-state index in [0.717, 1.165) is 24.2 Å². The van der Waals surface area contributed by atoms with Gasteiger partial charge in [-0.3, -0.25) is 0 Å². The van der Waals surface area contributed by atoms with Crippen LogP contribution < -0.4 is 5.32 Å². The third-order valence-electron chi connectivity index (χ3n) is 3.34. The summed E-state index contributed by atoms with van der Waals surface area (Å²) in [5.41, 5.74) is 0.973. The van der Waals surface area contributed by atoms with E-state index < -0.39 is 0 Å². The maximum atomic E-state index is 5.86. The molecule has 2 heteroatoms. The van der Waals surface area contributed by atoms with E-state index >= 15 is 0 Å². The van der Waals surface area contributed by atoms with Gasteiger partial charge in [-0.2, -0.15) is 0 Å². The Labute approximate surface area is 103 Å². The molecule has 2 nitrogen and oxygen atoms in total. The smallest absolute Gasteiger partial charge is 0.134 e. The van der Waals surface area contributed by atoms with Crippen LogP contribution in [0.25, 0.3) is 11.0 Å². The molecule has 1 heterocycles. The molecule has 1 aromatic heterocycles. The molecule has 0 spiro atoms. The van der Waals surface area contributed by atoms with Gasteiger partial charge in [0.15, 0.2) is 0 Å². The molecule has 1 atom stereocenters. The Balaban J connectivity index is 2.15. The molecule has 0 aliphatic rings. The third kappa shape index (κ3) is 2.70. The first-order chi connectivity index (χ1) is 8.24. The lowest BCUT2D eigenvalue weighted by molar-refractivity contribution is 0.385. The fraction of sp³-hybridized carbons (Fsp3) is 0.467. The first-order valence-corrected chi connectivity index (χ1v) is 6.49. The molecule has 17 heavy (non-hydrogen) atoms. The largest absolute Gasteiger partial charge is 0.459 e. The average Bonchev–Trinajstić information content (AvgIpc) is 2.79. The minimum atomic E-state index is 0.271. The topological polar surface area (TPSA) is 25.2 Å². The van der Waals surface area contributed by atoms with Crippen molar-refractivity contribution in [1.29, 1.82) is 0 Å². The molecule has 0 saturated carbocycles. The molecular weight excluding hydrogens is 210 g/mol. The van der Waals surface area contributed by atoms with Gasteiger partial charge in [-0.05, 0) is 31.9 Å². The van der Waals surface area contributed by atoms with E-state index in [4.69, 9.17) is 4.42 Å². The standard InChI is InChI=1S/C15H21NO/c1-4-13(5-2)16-11(3)15-10-12-8-6-7-9-14(12)17-15/h6-11,13,16H,4-5H2,1-3H3. The highest BCUT2D eigenvalue weighted by molar-refractivity contribution is 5.77. The van der Waals surface area contributed by atoms with Crippen LogP contribution in [0.3, 0.4) is 0 Å². The Morgan fingerprint density at radius 1 is 1.18 bits per heavy atom. The summed E-state index contributed by atoms with van der Waals surface area (Å²) >= 11 is 0. The number of fused-ring (bicyclic) bond motifs is 1. The molecule has 0 amide bonds. The highest BCUT2D eigenvalue weighted by Gasteiger charge is 2.14. The molecule has 0 saturated heterocycles. The zero-order valence-corrected chi connectivity index (χ0v) is 10.9. The third-order valence-corrected chi connectivity index (χ3v) is 3.34. The van der Waals surface area contributed by atoms with E-state index in [1.165, 1.54) is 5.39 Å². The number of rotatable bonds is 5. The van der Waals surface area contributed by atoms with Crippen molar-refractivity contribution in [2.75, 3.05) is 0 Å². The first-order valence-electron chi connectivity index (χ1n) is 6.49. The second-order valence-electron chi connectivity index (χ2n) is 4.59. The van der Waals surface area contributed by atoms with E-state index in [-0.39, 0.29) is 6.04 Å². The van der Waals surface area contributed by atoms with Gasteiger partial charge in [0.25, 0.3) is 0 Å². The SMILES string of the molecule is CCC(CC)NC(C)c1cc2ccccc2o1. The van der Waals surface area contributed by atoms with Gasteiger partial charge in [0.2, 0.25) is 0 Å². The van der Waals surface area contributed by atoms with Crippen LogP contribution in [0.15, 0.2) is 34.7 Å². The van der Waals surface area contributed by atoms with Crippen molar-refractivity contribution in [2.24, 2.45) is 0 Å². The Kier molecular flexibility index (Phi) is 3.85. The van der Waals surface area contributed by atoms with Crippen LogP contribution in [-0.2, 0) is 0 Å². The Morgan fingerprint density at radius 3 is 2.53 bits per heavy atom. The zero-order chi connectivity index (χ0) is 12.3. The maximum Gasteiger partial charge on any atom is 0.134 e. The monoisotopic (exact) mass is 231 g/mol. The Bertz CT molecular complexity index is 437. The molecule has 1 aromatic carbocycles. The van der Waals surface area contributed by atoms with E-state index in [2.05, 4.69) is 38.2 Å². The first kappa shape index (κ1) is 12.2. The Morgan fingerprint density at radius 2 is 1.88 bits per heavy atom. The van der Waals surface area contributed by atoms with Crippen molar-refractivity contribution in [1.82, 2.24) is 5.32 Å². The second-order valence-corrected chi connectivity index (χ2v) is 4.59. The van der Waals surface area contributed by atoms with Gasteiger partial charge in [-0.1, -0.05) is 32.0 Å². The molecule has 2 aromatic rings. The lowest BCUT2D eigenvalue weighted by Crippen LogP contribution is -2.30. The van der Waals surface area contributed by atoms with Crippen LogP contribution in [0.2, 0.25) is 0 Å². The van der Waals surface area contributed by atoms with Crippen molar-refractivity contribution < 1.29 is 4.42 Å². The lowest BCUT2D eigenvalue weighted by atomic mass is 10.1. The summed E-state index contributed by atoms with van der Waals surface area (Å²) < 4.78 is 5.86. The maximum absolute atomic E-state index is 5.86. The van der Waals surface area contributed by atoms with Gasteiger partial charge in [0.05, 0.1) is 6.04 Å². The van der Waals surface area contributed by atoms with Crippen LogP contribution in [0, 0.1) is 0 Å². The molecule has 0 fully saturated rings. The van der Waals surface area contributed by atoms with Crippen molar-refractivity contribution in [3.63, 3.8) is 0 Å². The van der Waals surface area contributed by atoms with Gasteiger partial charge < -0.3 is 9.73 Å². The quantitative estimate of drug-likeness (QED) is 0.831. The highest BCUT2D eigenvalue weighted by atomic mass is 16.3. The number of hydrogen-bond acceptors (Lipinski definition) is 2. The van der Waals surface area contributed by atoms with Gasteiger partial charge >= 0.3 is 0 Å². The minimum absolute atomic E-state index is 0.271. The predicted molar refractivity (Wildman–Crippen MR) is 72.1 cm³/mol. The Hall–Kier alpha value is -1.28. The molecule has 92 valence electrons. The number of hydrogen-bond donors (Lipinski definition) is 1. The number of furan rings is 1. The van der Waals surface area contributed by atoms with Crippen molar-refractivity contribution in [2.45, 2.75) is 45.7 Å². The van der Waals surface area contributed by atoms with Crippen LogP contribution in [0.5, 0.6) is 0 Å². The van der Waals surface area contributed by atoms with Crippen molar-refractivity contribution in [3.05, 3.63) is 36.1 Å². The van der Waals surface area contributed by atoms with Crippen LogP contribution >= 0.6 is 0 Å². The van der Waals surface area contributed by atoms with Gasteiger partial charge in [-0.15, -0.1) is 0 Å². The normalized spacial score (nSPS) is 13.4. The molecule has 2 rings (SSSR count). The minimum Gasteiger partial charge on any atom is -0.459 e. The molecule has 0 aliphatic carbocycles. The van der Waals surface area contributed by atoms with E-state index in [1.807, 2.05) is 18.2 Å². The van der Waals surface area contributed by atoms with Gasteiger partial charge in [0, 0.05) is 11.4 Å². The summed E-state index contributed by atoms with van der Waals surface area (Å²) in [7, 11) is 0. The molecule has 0 aliphatic heterocycles. The van der Waals surface area contributed by atoms with Crippen LogP contribution in [0.4, 0.5) is 0 Å². The summed E-state index contributed by atoms with van der Waals surface area (Å²) in [6.45, 7) is 6.59. The van der Waals surface area contributed by atoms with Crippen LogP contribution in [-0.4, -0.2) is 6.04 Å². The summed E-state index contributed by atoms with van der Waals surface area (Å²) in [4.78, 5) is 0. The van der Waals surface area contributed by atoms with Crippen molar-refractivity contribution in [3.8, 4) is 0 Å². The zero-order valence-electron chi connectivity index (χ0n) is 10.9. The van der Waals surface area contributed by atoms with Crippen LogP contribution in [0.1, 0.15) is 45.4 Å². The molecular formula is C15H21NO. The summed E-state index contributed by atoms with van der Waals surface area (Å²) in [6, 6.07) is 11.1. The van der Waals surface area contributed by atoms with Crippen molar-refractivity contribution >= 4 is 11.0 Å². The number of nitrogens with one attached hydrogen (secondary N) is 1.